The number of nitrogens with one attached hydrogen (secondary N) is 2. The predicted molar refractivity (Wildman–Crippen MR) is 163 cm³/mol. The molecular weight excluding hydrogens is 498 g/mol. The Morgan fingerprint density at radius 2 is 1.73 bits per heavy atom. The van der Waals surface area contributed by atoms with Crippen molar-refractivity contribution in [2.45, 2.75) is 58.2 Å². The van der Waals surface area contributed by atoms with E-state index in [2.05, 4.69) is 97.1 Å². The summed E-state index contributed by atoms with van der Waals surface area (Å²) in [6, 6.07) is 25.4. The monoisotopic (exact) mass is 543 g/mol. The van der Waals surface area contributed by atoms with E-state index in [1.165, 1.54) is 16.7 Å². The summed E-state index contributed by atoms with van der Waals surface area (Å²) in [5, 5.41) is 17.5. The minimum atomic E-state index is -0.442. The Kier molecular flexibility index (Phi) is 10.4. The van der Waals surface area contributed by atoms with E-state index < -0.39 is 6.10 Å². The van der Waals surface area contributed by atoms with E-state index in [1.807, 2.05) is 12.1 Å². The number of benzene rings is 3. The zero-order valence-corrected chi connectivity index (χ0v) is 24.5. The van der Waals surface area contributed by atoms with E-state index >= 15 is 0 Å². The number of carbonyl (C=O) groups excluding carboxylic acids is 1. The molecule has 0 aliphatic heterocycles. The number of carbonyl (C=O) groups is 1. The van der Waals surface area contributed by atoms with Crippen LogP contribution in [0.2, 0.25) is 0 Å². The summed E-state index contributed by atoms with van der Waals surface area (Å²) in [6.45, 7) is 8.78. The largest absolute Gasteiger partial charge is 0.465 e. The van der Waals surface area contributed by atoms with Gasteiger partial charge in [-0.3, -0.25) is 9.69 Å². The maximum absolute atomic E-state index is 11.6. The Labute approximate surface area is 239 Å². The smallest absolute Gasteiger partial charge is 0.325 e. The molecule has 0 saturated carbocycles. The number of hydrogen-bond acceptors (Lipinski definition) is 6. The lowest BCUT2D eigenvalue weighted by Crippen LogP contribution is -2.47. The normalized spacial score (nSPS) is 14.2. The van der Waals surface area contributed by atoms with Crippen LogP contribution in [0.5, 0.6) is 0 Å². The summed E-state index contributed by atoms with van der Waals surface area (Å²) in [5.41, 5.74) is 7.30. The molecular formula is C34H45N3O3. The molecule has 6 heteroatoms. The van der Waals surface area contributed by atoms with Gasteiger partial charge in [0.1, 0.15) is 6.54 Å². The van der Waals surface area contributed by atoms with Crippen LogP contribution in [-0.2, 0) is 28.9 Å². The molecule has 0 unspecified atom stereocenters. The molecule has 1 aliphatic rings. The second-order valence-corrected chi connectivity index (χ2v) is 11.8. The van der Waals surface area contributed by atoms with Crippen molar-refractivity contribution in [2.75, 3.05) is 38.6 Å². The zero-order valence-electron chi connectivity index (χ0n) is 24.5. The van der Waals surface area contributed by atoms with Gasteiger partial charge in [0.2, 0.25) is 0 Å². The van der Waals surface area contributed by atoms with Gasteiger partial charge in [0, 0.05) is 30.9 Å². The van der Waals surface area contributed by atoms with Gasteiger partial charge in [-0.1, -0.05) is 54.6 Å². The maximum atomic E-state index is 11.6. The molecule has 0 aromatic heterocycles. The van der Waals surface area contributed by atoms with Crippen molar-refractivity contribution in [3.05, 3.63) is 89.5 Å². The lowest BCUT2D eigenvalue weighted by molar-refractivity contribution is -0.140. The van der Waals surface area contributed by atoms with Crippen LogP contribution in [0.1, 0.15) is 43.9 Å². The average molecular weight is 544 g/mol. The molecule has 4 rings (SSSR count). The number of rotatable bonds is 14. The number of nitrogens with zero attached hydrogens (tertiary/aromatic N) is 1. The molecule has 3 aromatic rings. The summed E-state index contributed by atoms with van der Waals surface area (Å²) in [7, 11) is 2.06. The lowest BCUT2D eigenvalue weighted by Gasteiger charge is -2.31. The number of likely N-dealkylation sites (N-methyl/N-ethyl adjacent to an activating group) is 1. The van der Waals surface area contributed by atoms with E-state index in [9.17, 15) is 9.90 Å². The van der Waals surface area contributed by atoms with Gasteiger partial charge in [0.15, 0.2) is 0 Å². The highest BCUT2D eigenvalue weighted by Crippen LogP contribution is 2.32. The molecule has 3 N–H and O–H groups in total. The molecule has 0 radical (unpaired) electrons. The van der Waals surface area contributed by atoms with Crippen LogP contribution in [0.15, 0.2) is 72.8 Å². The SMILES string of the molecule is CCOC(=O)CNc1ccc(-c2cccc(CN(C)C[C@H](O)CNC(C)(C)CC3Cc4ccccc4C3)c2)cc1. The van der Waals surface area contributed by atoms with Gasteiger partial charge in [-0.15, -0.1) is 0 Å². The molecule has 6 nitrogen and oxygen atoms in total. The molecule has 40 heavy (non-hydrogen) atoms. The second kappa shape index (κ2) is 13.9. The fraction of sp³-hybridized carbons (Fsp3) is 0.441. The minimum absolute atomic E-state index is 0.0233. The Morgan fingerprint density at radius 3 is 2.40 bits per heavy atom. The fourth-order valence-electron chi connectivity index (χ4n) is 5.80. The van der Waals surface area contributed by atoms with Crippen LogP contribution in [-0.4, -0.2) is 60.9 Å². The Morgan fingerprint density at radius 1 is 1.02 bits per heavy atom. The van der Waals surface area contributed by atoms with Gasteiger partial charge in [-0.2, -0.15) is 0 Å². The van der Waals surface area contributed by atoms with Crippen molar-refractivity contribution in [3.63, 3.8) is 0 Å². The first kappa shape index (κ1) is 29.8. The number of aliphatic hydroxyl groups excluding tert-OH is 1. The molecule has 3 aromatic carbocycles. The van der Waals surface area contributed by atoms with Crippen LogP contribution in [0.25, 0.3) is 11.1 Å². The van der Waals surface area contributed by atoms with Crippen molar-refractivity contribution in [1.29, 1.82) is 0 Å². The third-order valence-electron chi connectivity index (χ3n) is 7.61. The van der Waals surface area contributed by atoms with E-state index in [4.69, 9.17) is 4.74 Å². The van der Waals surface area contributed by atoms with Gasteiger partial charge in [-0.25, -0.2) is 0 Å². The van der Waals surface area contributed by atoms with Crippen molar-refractivity contribution in [1.82, 2.24) is 10.2 Å². The molecule has 0 bridgehead atoms. The highest BCUT2D eigenvalue weighted by Gasteiger charge is 2.28. The fourth-order valence-corrected chi connectivity index (χ4v) is 5.80. The summed E-state index contributed by atoms with van der Waals surface area (Å²) in [6.07, 6.45) is 2.96. The van der Waals surface area contributed by atoms with Crippen molar-refractivity contribution in [2.24, 2.45) is 5.92 Å². The van der Waals surface area contributed by atoms with Crippen LogP contribution >= 0.6 is 0 Å². The average Bonchev–Trinajstić information content (AvgIpc) is 3.33. The number of hydrogen-bond donors (Lipinski definition) is 3. The quantitative estimate of drug-likeness (QED) is 0.240. The molecule has 0 spiro atoms. The third kappa shape index (κ3) is 8.91. The Hall–Kier alpha value is -3.19. The number of anilines is 1. The number of β-amino-alcohol motifs (C(OH)–C–C–N with tert-alkyl or cyclic N) is 1. The van der Waals surface area contributed by atoms with E-state index in [-0.39, 0.29) is 18.1 Å². The summed E-state index contributed by atoms with van der Waals surface area (Å²) in [5.74, 6) is 0.396. The van der Waals surface area contributed by atoms with Gasteiger partial charge in [0.25, 0.3) is 0 Å². The first-order valence-electron chi connectivity index (χ1n) is 14.5. The van der Waals surface area contributed by atoms with Crippen molar-refractivity contribution in [3.8, 4) is 11.1 Å². The topological polar surface area (TPSA) is 73.8 Å². The zero-order chi connectivity index (χ0) is 28.5. The Bertz CT molecular complexity index is 1220. The van der Waals surface area contributed by atoms with Crippen LogP contribution in [0.3, 0.4) is 0 Å². The molecule has 0 fully saturated rings. The summed E-state index contributed by atoms with van der Waals surface area (Å²) < 4.78 is 4.96. The highest BCUT2D eigenvalue weighted by atomic mass is 16.5. The van der Waals surface area contributed by atoms with Gasteiger partial charge in [0.05, 0.1) is 12.7 Å². The van der Waals surface area contributed by atoms with Gasteiger partial charge >= 0.3 is 5.97 Å². The highest BCUT2D eigenvalue weighted by molar-refractivity contribution is 5.75. The second-order valence-electron chi connectivity index (χ2n) is 11.8. The molecule has 1 atom stereocenters. The molecule has 214 valence electrons. The van der Waals surface area contributed by atoms with E-state index in [0.717, 1.165) is 42.6 Å². The lowest BCUT2D eigenvalue weighted by atomic mass is 9.88. The molecule has 0 heterocycles. The van der Waals surface area contributed by atoms with Crippen molar-refractivity contribution < 1.29 is 14.6 Å². The number of fused-ring (bicyclic) bond motifs is 1. The molecule has 0 saturated heterocycles. The maximum Gasteiger partial charge on any atom is 0.325 e. The molecule has 1 aliphatic carbocycles. The predicted octanol–water partition coefficient (Wildman–Crippen LogP) is 5.29. The summed E-state index contributed by atoms with van der Waals surface area (Å²) >= 11 is 0. The number of aliphatic hydroxyl groups is 1. The first-order chi connectivity index (χ1) is 19.2. The number of ether oxygens (including phenoxy) is 1. The summed E-state index contributed by atoms with van der Waals surface area (Å²) in [4.78, 5) is 13.7. The van der Waals surface area contributed by atoms with Gasteiger partial charge in [-0.05, 0) is 99.0 Å². The van der Waals surface area contributed by atoms with Gasteiger partial charge < -0.3 is 20.5 Å². The molecule has 0 amide bonds. The minimum Gasteiger partial charge on any atom is -0.465 e. The van der Waals surface area contributed by atoms with Crippen LogP contribution in [0.4, 0.5) is 5.69 Å². The van der Waals surface area contributed by atoms with Crippen LogP contribution < -0.4 is 10.6 Å². The number of esters is 1. The van der Waals surface area contributed by atoms with Crippen LogP contribution in [0, 0.1) is 5.92 Å². The third-order valence-corrected chi connectivity index (χ3v) is 7.61. The Balaban J connectivity index is 1.22. The standard InChI is InChI=1S/C34H45N3O3/c1-5-40-33(39)22-35-31-15-13-27(14-16-31)28-12-8-9-25(17-28)23-37(4)24-32(38)21-36-34(2,3)20-26-18-29-10-6-7-11-30(29)19-26/h6-17,26,32,35-36,38H,5,18-24H2,1-4H3/t32-/m1/s1. The van der Waals surface area contributed by atoms with E-state index in [0.29, 0.717) is 25.6 Å². The first-order valence-corrected chi connectivity index (χ1v) is 14.5. The van der Waals surface area contributed by atoms with E-state index in [1.54, 1.807) is 6.92 Å². The van der Waals surface area contributed by atoms with Crippen molar-refractivity contribution >= 4 is 11.7 Å².